The fourth-order valence-corrected chi connectivity index (χ4v) is 0.862. The third-order valence-corrected chi connectivity index (χ3v) is 1.30. The maximum absolute atomic E-state index is 4.58. The summed E-state index contributed by atoms with van der Waals surface area (Å²) in [7, 11) is 1.55. The van der Waals surface area contributed by atoms with E-state index in [9.17, 15) is 0 Å². The van der Waals surface area contributed by atoms with E-state index < -0.39 is 0 Å². The first kappa shape index (κ1) is 6.39. The van der Waals surface area contributed by atoms with Crippen LogP contribution >= 0.6 is 0 Å². The highest BCUT2D eigenvalue weighted by molar-refractivity contribution is 5.81. The van der Waals surface area contributed by atoms with Crippen molar-refractivity contribution in [2.75, 3.05) is 13.7 Å². The van der Waals surface area contributed by atoms with Crippen LogP contribution in [0.2, 0.25) is 0 Å². The predicted octanol–water partition coefficient (Wildman–Crippen LogP) is 0.735. The van der Waals surface area contributed by atoms with Gasteiger partial charge in [0, 0.05) is 13.0 Å². The highest BCUT2D eigenvalue weighted by atomic mass is 16.6. The molecule has 51 valence electrons. The summed E-state index contributed by atoms with van der Waals surface area (Å²) in [4.78, 5) is 4.58. The number of piperidine rings is 1. The lowest BCUT2D eigenvalue weighted by molar-refractivity contribution is 0.210. The first-order valence-corrected chi connectivity index (χ1v) is 3.21. The standard InChI is InChI=1S/C6H11N2O/c1-9-8-6-4-2-3-5-7-6/h2-5H2,1H3/b8-6-. The monoisotopic (exact) mass is 127 g/mol. The maximum atomic E-state index is 4.58. The fourth-order valence-electron chi connectivity index (χ4n) is 0.862. The van der Waals surface area contributed by atoms with Crippen LogP contribution in [0, 0.1) is 0 Å². The van der Waals surface area contributed by atoms with Gasteiger partial charge in [-0.3, -0.25) is 5.32 Å². The summed E-state index contributed by atoms with van der Waals surface area (Å²) in [6, 6.07) is 0. The molecular formula is C6H11N2O. The van der Waals surface area contributed by atoms with Gasteiger partial charge < -0.3 is 4.84 Å². The highest BCUT2D eigenvalue weighted by Crippen LogP contribution is 2.02. The number of hydrogen-bond acceptors (Lipinski definition) is 2. The molecule has 0 saturated carbocycles. The second-order valence-electron chi connectivity index (χ2n) is 2.03. The molecular weight excluding hydrogens is 116 g/mol. The van der Waals surface area contributed by atoms with Crippen LogP contribution in [0.5, 0.6) is 0 Å². The average Bonchev–Trinajstić information content (AvgIpc) is 1.91. The van der Waals surface area contributed by atoms with E-state index in [1.807, 2.05) is 0 Å². The van der Waals surface area contributed by atoms with Gasteiger partial charge in [-0.2, -0.15) is 0 Å². The molecule has 0 N–H and O–H groups in total. The van der Waals surface area contributed by atoms with E-state index in [4.69, 9.17) is 0 Å². The topological polar surface area (TPSA) is 35.7 Å². The molecule has 0 unspecified atom stereocenters. The number of nitrogens with zero attached hydrogens (tertiary/aromatic N) is 2. The van der Waals surface area contributed by atoms with Gasteiger partial charge in [0.1, 0.15) is 7.11 Å². The molecule has 3 heteroatoms. The van der Waals surface area contributed by atoms with E-state index in [2.05, 4.69) is 15.3 Å². The van der Waals surface area contributed by atoms with E-state index in [0.29, 0.717) is 0 Å². The van der Waals surface area contributed by atoms with E-state index >= 15 is 0 Å². The zero-order chi connectivity index (χ0) is 6.53. The Kier molecular flexibility index (Phi) is 2.36. The summed E-state index contributed by atoms with van der Waals surface area (Å²) in [6.45, 7) is 0.919. The minimum absolute atomic E-state index is 0.865. The lowest BCUT2D eigenvalue weighted by atomic mass is 10.2. The summed E-state index contributed by atoms with van der Waals surface area (Å²) in [5.41, 5.74) is 0. The van der Waals surface area contributed by atoms with Crippen LogP contribution in [0.4, 0.5) is 0 Å². The van der Waals surface area contributed by atoms with E-state index in [-0.39, 0.29) is 0 Å². The Labute approximate surface area is 55.1 Å². The van der Waals surface area contributed by atoms with Gasteiger partial charge in [0.15, 0.2) is 5.84 Å². The molecule has 0 spiro atoms. The van der Waals surface area contributed by atoms with Gasteiger partial charge in [-0.1, -0.05) is 5.16 Å². The van der Waals surface area contributed by atoms with Crippen molar-refractivity contribution in [3.8, 4) is 0 Å². The SMILES string of the molecule is CO/N=C1/CCCC[N]1. The van der Waals surface area contributed by atoms with Crippen molar-refractivity contribution in [3.05, 3.63) is 0 Å². The van der Waals surface area contributed by atoms with Crippen LogP contribution in [0.1, 0.15) is 19.3 Å². The van der Waals surface area contributed by atoms with E-state index in [0.717, 1.165) is 18.8 Å². The molecule has 0 atom stereocenters. The van der Waals surface area contributed by atoms with Crippen LogP contribution in [-0.4, -0.2) is 19.5 Å². The Bertz CT molecular complexity index is 104. The Hall–Kier alpha value is -0.730. The summed E-state index contributed by atoms with van der Waals surface area (Å²) in [5, 5.41) is 7.88. The summed E-state index contributed by atoms with van der Waals surface area (Å²) in [6.07, 6.45) is 3.38. The Morgan fingerprint density at radius 1 is 1.56 bits per heavy atom. The minimum atomic E-state index is 0.865. The van der Waals surface area contributed by atoms with Gasteiger partial charge in [0.2, 0.25) is 0 Å². The second kappa shape index (κ2) is 3.33. The average molecular weight is 127 g/mol. The van der Waals surface area contributed by atoms with E-state index in [1.54, 1.807) is 7.11 Å². The van der Waals surface area contributed by atoms with Crippen LogP contribution < -0.4 is 5.32 Å². The molecule has 0 amide bonds. The molecule has 1 radical (unpaired) electrons. The molecule has 0 bridgehead atoms. The highest BCUT2D eigenvalue weighted by Gasteiger charge is 2.06. The van der Waals surface area contributed by atoms with Crippen molar-refractivity contribution in [1.82, 2.24) is 5.32 Å². The first-order valence-electron chi connectivity index (χ1n) is 3.21. The molecule has 0 aromatic heterocycles. The van der Waals surface area contributed by atoms with Gasteiger partial charge in [0.25, 0.3) is 0 Å². The fraction of sp³-hybridized carbons (Fsp3) is 0.833. The largest absolute Gasteiger partial charge is 0.398 e. The lowest BCUT2D eigenvalue weighted by Crippen LogP contribution is -2.21. The summed E-state index contributed by atoms with van der Waals surface area (Å²) < 4.78 is 0. The van der Waals surface area contributed by atoms with Gasteiger partial charge in [-0.25, -0.2) is 0 Å². The van der Waals surface area contributed by atoms with Crippen LogP contribution in [0.3, 0.4) is 0 Å². The molecule has 9 heavy (non-hydrogen) atoms. The third-order valence-electron chi connectivity index (χ3n) is 1.30. The van der Waals surface area contributed by atoms with Gasteiger partial charge in [0.05, 0.1) is 0 Å². The molecule has 1 heterocycles. The number of amidine groups is 1. The van der Waals surface area contributed by atoms with Crippen molar-refractivity contribution in [1.29, 1.82) is 0 Å². The number of hydrogen-bond donors (Lipinski definition) is 0. The molecule has 1 rings (SSSR count). The smallest absolute Gasteiger partial charge is 0.163 e. The molecule has 0 aliphatic carbocycles. The Morgan fingerprint density at radius 3 is 3.00 bits per heavy atom. The molecule has 1 fully saturated rings. The molecule has 0 aromatic carbocycles. The summed E-state index contributed by atoms with van der Waals surface area (Å²) >= 11 is 0. The van der Waals surface area contributed by atoms with Crippen LogP contribution in [0.15, 0.2) is 5.16 Å². The predicted molar refractivity (Wildman–Crippen MR) is 35.3 cm³/mol. The van der Waals surface area contributed by atoms with Gasteiger partial charge >= 0.3 is 0 Å². The summed E-state index contributed by atoms with van der Waals surface area (Å²) in [5.74, 6) is 0.865. The molecule has 1 saturated heterocycles. The minimum Gasteiger partial charge on any atom is -0.398 e. The maximum Gasteiger partial charge on any atom is 0.163 e. The van der Waals surface area contributed by atoms with Gasteiger partial charge in [-0.15, -0.1) is 0 Å². The Morgan fingerprint density at radius 2 is 2.44 bits per heavy atom. The first-order chi connectivity index (χ1) is 4.43. The van der Waals surface area contributed by atoms with Crippen molar-refractivity contribution in [3.63, 3.8) is 0 Å². The third kappa shape index (κ3) is 1.91. The van der Waals surface area contributed by atoms with Crippen LogP contribution in [-0.2, 0) is 4.84 Å². The zero-order valence-corrected chi connectivity index (χ0v) is 5.63. The molecule has 1 aliphatic heterocycles. The van der Waals surface area contributed by atoms with E-state index in [1.165, 1.54) is 12.8 Å². The van der Waals surface area contributed by atoms with Crippen molar-refractivity contribution >= 4 is 5.84 Å². The van der Waals surface area contributed by atoms with Crippen molar-refractivity contribution in [2.45, 2.75) is 19.3 Å². The van der Waals surface area contributed by atoms with Crippen LogP contribution in [0.25, 0.3) is 0 Å². The van der Waals surface area contributed by atoms with Crippen molar-refractivity contribution in [2.24, 2.45) is 5.16 Å². The zero-order valence-electron chi connectivity index (χ0n) is 5.63. The number of rotatable bonds is 1. The normalized spacial score (nSPS) is 23.4. The van der Waals surface area contributed by atoms with Crippen molar-refractivity contribution < 1.29 is 4.84 Å². The lowest BCUT2D eigenvalue weighted by Gasteiger charge is -2.10. The second-order valence-corrected chi connectivity index (χ2v) is 2.03. The molecule has 3 nitrogen and oxygen atoms in total. The number of oxime groups is 1. The molecule has 0 aromatic rings. The van der Waals surface area contributed by atoms with Gasteiger partial charge in [-0.05, 0) is 12.8 Å². The Balaban J connectivity index is 2.30. The quantitative estimate of drug-likeness (QED) is 0.478. The molecule has 1 aliphatic rings.